The van der Waals surface area contributed by atoms with E-state index in [1.807, 2.05) is 26.0 Å². The average Bonchev–Trinajstić information content (AvgIpc) is 2.90. The molecular weight excluding hydrogens is 314 g/mol. The molecule has 0 aliphatic carbocycles. The number of fused-ring (bicyclic) bond motifs is 1. The minimum Gasteiger partial charge on any atom is -0.423 e. The molecule has 2 heterocycles. The highest BCUT2D eigenvalue weighted by Crippen LogP contribution is 2.19. The Morgan fingerprint density at radius 1 is 1.26 bits per heavy atom. The van der Waals surface area contributed by atoms with Gasteiger partial charge in [0.1, 0.15) is 15.6 Å². The minimum atomic E-state index is -0.453. The fourth-order valence-electron chi connectivity index (χ4n) is 2.30. The highest BCUT2D eigenvalue weighted by atomic mass is 32.1. The molecule has 7 heteroatoms. The Balaban J connectivity index is 1.78. The lowest BCUT2D eigenvalue weighted by molar-refractivity contribution is -0.120. The minimum absolute atomic E-state index is 0.114. The molecule has 6 nitrogen and oxygen atoms in total. The summed E-state index contributed by atoms with van der Waals surface area (Å²) in [6, 6.07) is 6.95. The molecule has 118 valence electrons. The summed E-state index contributed by atoms with van der Waals surface area (Å²) in [6.45, 7) is 4.12. The highest BCUT2D eigenvalue weighted by molar-refractivity contribution is 7.11. The summed E-state index contributed by atoms with van der Waals surface area (Å²) in [5, 5.41) is 13.0. The maximum atomic E-state index is 12.1. The van der Waals surface area contributed by atoms with E-state index in [1.165, 1.54) is 17.4 Å². The Morgan fingerprint density at radius 3 is 2.83 bits per heavy atom. The molecule has 1 aromatic carbocycles. The smallest absolute Gasteiger partial charge is 0.336 e. The van der Waals surface area contributed by atoms with Crippen molar-refractivity contribution in [1.29, 1.82) is 0 Å². The molecule has 3 rings (SSSR count). The van der Waals surface area contributed by atoms with Gasteiger partial charge in [0.25, 0.3) is 0 Å². The van der Waals surface area contributed by atoms with Crippen molar-refractivity contribution in [3.8, 4) is 0 Å². The van der Waals surface area contributed by atoms with Gasteiger partial charge in [0.15, 0.2) is 0 Å². The number of carbonyl (C=O) groups excluding carboxylic acids is 1. The molecule has 0 aliphatic rings. The molecule has 3 aromatic rings. The van der Waals surface area contributed by atoms with Gasteiger partial charge in [-0.1, -0.05) is 23.5 Å². The van der Waals surface area contributed by atoms with Crippen LogP contribution in [0.2, 0.25) is 0 Å². The van der Waals surface area contributed by atoms with E-state index in [9.17, 15) is 9.59 Å². The van der Waals surface area contributed by atoms with E-state index in [4.69, 9.17) is 4.42 Å². The van der Waals surface area contributed by atoms with Gasteiger partial charge in [-0.25, -0.2) is 4.79 Å². The third-order valence-electron chi connectivity index (χ3n) is 3.34. The number of aryl methyl sites for hydroxylation is 2. The van der Waals surface area contributed by atoms with Crippen LogP contribution in [0.5, 0.6) is 0 Å². The molecular formula is C16H15N3O3S. The molecule has 0 spiro atoms. The lowest BCUT2D eigenvalue weighted by Crippen LogP contribution is -2.25. The first-order valence-electron chi connectivity index (χ1n) is 7.10. The van der Waals surface area contributed by atoms with Crippen LogP contribution < -0.4 is 10.9 Å². The quantitative estimate of drug-likeness (QED) is 0.741. The van der Waals surface area contributed by atoms with E-state index < -0.39 is 5.63 Å². The Morgan fingerprint density at radius 2 is 2.09 bits per heavy atom. The van der Waals surface area contributed by atoms with Crippen molar-refractivity contribution in [3.63, 3.8) is 0 Å². The van der Waals surface area contributed by atoms with Crippen LogP contribution in [0.4, 0.5) is 0 Å². The molecule has 0 bridgehead atoms. The maximum Gasteiger partial charge on any atom is 0.336 e. The second-order valence-corrected chi connectivity index (χ2v) is 6.52. The highest BCUT2D eigenvalue weighted by Gasteiger charge is 2.11. The fraction of sp³-hybridized carbons (Fsp3) is 0.250. The largest absolute Gasteiger partial charge is 0.423 e. The zero-order valence-corrected chi connectivity index (χ0v) is 13.6. The van der Waals surface area contributed by atoms with Crippen molar-refractivity contribution in [1.82, 2.24) is 15.5 Å². The lowest BCUT2D eigenvalue weighted by atomic mass is 10.1. The molecule has 0 radical (unpaired) electrons. The Hall–Kier alpha value is -2.54. The SMILES string of the molecule is Cc1ccc2c(CC(=O)NCc3nnc(C)s3)cc(=O)oc2c1. The van der Waals surface area contributed by atoms with Crippen LogP contribution in [0.25, 0.3) is 11.0 Å². The van der Waals surface area contributed by atoms with Crippen molar-refractivity contribution in [2.24, 2.45) is 0 Å². The van der Waals surface area contributed by atoms with Crippen molar-refractivity contribution in [2.75, 3.05) is 0 Å². The summed E-state index contributed by atoms with van der Waals surface area (Å²) in [4.78, 5) is 23.8. The monoisotopic (exact) mass is 329 g/mol. The Labute approximate surface area is 136 Å². The van der Waals surface area contributed by atoms with Crippen LogP contribution in [0.1, 0.15) is 21.1 Å². The average molecular weight is 329 g/mol. The topological polar surface area (TPSA) is 85.1 Å². The molecule has 0 fully saturated rings. The summed E-state index contributed by atoms with van der Waals surface area (Å²) in [6.07, 6.45) is 0.114. The molecule has 0 unspecified atom stereocenters. The second kappa shape index (κ2) is 6.29. The van der Waals surface area contributed by atoms with E-state index in [0.717, 1.165) is 21.0 Å². The number of nitrogens with zero attached hydrogens (tertiary/aromatic N) is 2. The van der Waals surface area contributed by atoms with Gasteiger partial charge in [-0.3, -0.25) is 4.79 Å². The first-order chi connectivity index (χ1) is 11.0. The van der Waals surface area contributed by atoms with Gasteiger partial charge < -0.3 is 9.73 Å². The van der Waals surface area contributed by atoms with Gasteiger partial charge in [0, 0.05) is 11.5 Å². The first kappa shape index (κ1) is 15.4. The summed E-state index contributed by atoms with van der Waals surface area (Å²) in [5.41, 5.74) is 1.70. The Kier molecular flexibility index (Phi) is 4.20. The number of hydrogen-bond donors (Lipinski definition) is 1. The van der Waals surface area contributed by atoms with E-state index in [1.54, 1.807) is 6.07 Å². The van der Waals surface area contributed by atoms with Crippen molar-refractivity contribution in [3.05, 3.63) is 55.8 Å². The number of nitrogens with one attached hydrogen (secondary N) is 1. The third kappa shape index (κ3) is 3.62. The maximum absolute atomic E-state index is 12.1. The fourth-order valence-corrected chi connectivity index (χ4v) is 2.95. The molecule has 1 N–H and O–H groups in total. The van der Waals surface area contributed by atoms with Gasteiger partial charge in [0.2, 0.25) is 5.91 Å². The van der Waals surface area contributed by atoms with Crippen LogP contribution in [-0.4, -0.2) is 16.1 Å². The molecule has 1 amide bonds. The molecule has 0 atom stereocenters. The van der Waals surface area contributed by atoms with Crippen LogP contribution in [0.15, 0.2) is 33.5 Å². The zero-order valence-electron chi connectivity index (χ0n) is 12.8. The van der Waals surface area contributed by atoms with Crippen molar-refractivity contribution < 1.29 is 9.21 Å². The molecule has 2 aromatic heterocycles. The van der Waals surface area contributed by atoms with E-state index in [-0.39, 0.29) is 12.3 Å². The summed E-state index contributed by atoms with van der Waals surface area (Å²) in [7, 11) is 0. The zero-order chi connectivity index (χ0) is 16.4. The lowest BCUT2D eigenvalue weighted by Gasteiger charge is -2.06. The van der Waals surface area contributed by atoms with Gasteiger partial charge >= 0.3 is 5.63 Å². The van der Waals surface area contributed by atoms with E-state index >= 15 is 0 Å². The summed E-state index contributed by atoms with van der Waals surface area (Å²) in [5.74, 6) is -0.176. The normalized spacial score (nSPS) is 10.9. The van der Waals surface area contributed by atoms with Crippen LogP contribution >= 0.6 is 11.3 Å². The molecule has 0 aliphatic heterocycles. The predicted molar refractivity (Wildman–Crippen MR) is 87.4 cm³/mol. The van der Waals surface area contributed by atoms with Gasteiger partial charge in [-0.15, -0.1) is 10.2 Å². The molecule has 0 saturated carbocycles. The number of hydrogen-bond acceptors (Lipinski definition) is 6. The second-order valence-electron chi connectivity index (χ2n) is 5.26. The molecule has 0 saturated heterocycles. The number of carbonyl (C=O) groups is 1. The van der Waals surface area contributed by atoms with Gasteiger partial charge in [-0.05, 0) is 31.0 Å². The first-order valence-corrected chi connectivity index (χ1v) is 7.92. The van der Waals surface area contributed by atoms with Gasteiger partial charge in [0.05, 0.1) is 13.0 Å². The summed E-state index contributed by atoms with van der Waals surface area (Å²) < 4.78 is 5.19. The van der Waals surface area contributed by atoms with Gasteiger partial charge in [-0.2, -0.15) is 0 Å². The van der Waals surface area contributed by atoms with E-state index in [0.29, 0.717) is 17.7 Å². The predicted octanol–water partition coefficient (Wildman–Crippen LogP) is 2.12. The third-order valence-corrected chi connectivity index (χ3v) is 4.18. The number of amides is 1. The Bertz CT molecular complexity index is 930. The van der Waals surface area contributed by atoms with E-state index in [2.05, 4.69) is 15.5 Å². The molecule has 23 heavy (non-hydrogen) atoms. The number of aromatic nitrogens is 2. The number of benzene rings is 1. The van der Waals surface area contributed by atoms with Crippen LogP contribution in [0, 0.1) is 13.8 Å². The standard InChI is InChI=1S/C16H15N3O3S/c1-9-3-4-12-11(7-16(21)22-13(12)5-9)6-14(20)17-8-15-19-18-10(2)23-15/h3-5,7H,6,8H2,1-2H3,(H,17,20). The van der Waals surface area contributed by atoms with Crippen molar-refractivity contribution in [2.45, 2.75) is 26.8 Å². The van der Waals surface area contributed by atoms with Crippen molar-refractivity contribution >= 4 is 28.2 Å². The van der Waals surface area contributed by atoms with Crippen LogP contribution in [0.3, 0.4) is 0 Å². The number of rotatable bonds is 4. The van der Waals surface area contributed by atoms with Crippen LogP contribution in [-0.2, 0) is 17.8 Å². The summed E-state index contributed by atoms with van der Waals surface area (Å²) >= 11 is 1.44.